The van der Waals surface area contributed by atoms with E-state index in [0.717, 1.165) is 19.4 Å². The fourth-order valence-corrected chi connectivity index (χ4v) is 2.71. The molecule has 0 aromatic heterocycles. The Morgan fingerprint density at radius 1 is 1.24 bits per heavy atom. The molecule has 2 atom stereocenters. The first kappa shape index (κ1) is 12.3. The van der Waals surface area contributed by atoms with Crippen LogP contribution in [-0.4, -0.2) is 28.7 Å². The van der Waals surface area contributed by atoms with Crippen molar-refractivity contribution in [3.8, 4) is 0 Å². The molecule has 1 heterocycles. The van der Waals surface area contributed by atoms with Gasteiger partial charge in [0.25, 0.3) is 0 Å². The minimum atomic E-state index is 0.264. The van der Waals surface area contributed by atoms with Crippen molar-refractivity contribution < 1.29 is 5.11 Å². The van der Waals surface area contributed by atoms with Crippen LogP contribution in [0.2, 0.25) is 0 Å². The molecule has 1 aliphatic heterocycles. The second-order valence-corrected chi connectivity index (χ2v) is 4.75. The molecule has 1 saturated heterocycles. The summed E-state index contributed by atoms with van der Waals surface area (Å²) < 4.78 is 0. The van der Waals surface area contributed by atoms with Crippen LogP contribution in [0.15, 0.2) is 43.0 Å². The summed E-state index contributed by atoms with van der Waals surface area (Å²) in [6.07, 6.45) is 5.28. The predicted octanol–water partition coefficient (Wildman–Crippen LogP) is 2.59. The van der Waals surface area contributed by atoms with Crippen LogP contribution >= 0.6 is 0 Å². The van der Waals surface area contributed by atoms with E-state index in [4.69, 9.17) is 0 Å². The van der Waals surface area contributed by atoms with Gasteiger partial charge in [-0.1, -0.05) is 36.4 Å². The molecule has 2 nitrogen and oxygen atoms in total. The van der Waals surface area contributed by atoms with E-state index in [1.54, 1.807) is 0 Å². The smallest absolute Gasteiger partial charge is 0.0587 e. The average Bonchev–Trinajstić information content (AvgIpc) is 2.74. The molecule has 1 aromatic carbocycles. The van der Waals surface area contributed by atoms with Crippen molar-refractivity contribution >= 4 is 0 Å². The summed E-state index contributed by atoms with van der Waals surface area (Å²) in [6, 6.07) is 11.3. The van der Waals surface area contributed by atoms with Gasteiger partial charge in [-0.3, -0.25) is 4.90 Å². The van der Waals surface area contributed by atoms with Crippen molar-refractivity contribution in [1.29, 1.82) is 0 Å². The fraction of sp³-hybridized carbons (Fsp3) is 0.467. The third kappa shape index (κ3) is 2.96. The minimum absolute atomic E-state index is 0.264. The Morgan fingerprint density at radius 3 is 2.59 bits per heavy atom. The largest absolute Gasteiger partial charge is 0.395 e. The van der Waals surface area contributed by atoms with Crippen molar-refractivity contribution in [1.82, 2.24) is 4.90 Å². The molecule has 0 amide bonds. The summed E-state index contributed by atoms with van der Waals surface area (Å²) in [5.41, 5.74) is 1.32. The molecule has 0 saturated carbocycles. The van der Waals surface area contributed by atoms with Crippen molar-refractivity contribution in [3.05, 3.63) is 48.6 Å². The van der Waals surface area contributed by atoms with Crippen LogP contribution in [0.3, 0.4) is 0 Å². The number of likely N-dealkylation sites (tertiary alicyclic amines) is 1. The molecule has 2 heteroatoms. The summed E-state index contributed by atoms with van der Waals surface area (Å²) >= 11 is 0. The molecule has 92 valence electrons. The number of aliphatic hydroxyl groups is 1. The van der Waals surface area contributed by atoms with Crippen LogP contribution in [0, 0.1) is 0 Å². The monoisotopic (exact) mass is 231 g/mol. The third-order valence-corrected chi connectivity index (χ3v) is 3.63. The lowest BCUT2D eigenvalue weighted by atomic mass is 10.1. The van der Waals surface area contributed by atoms with E-state index in [1.165, 1.54) is 12.0 Å². The highest BCUT2D eigenvalue weighted by Gasteiger charge is 2.31. The van der Waals surface area contributed by atoms with Crippen molar-refractivity contribution in [2.75, 3.05) is 6.61 Å². The zero-order valence-corrected chi connectivity index (χ0v) is 10.3. The van der Waals surface area contributed by atoms with Gasteiger partial charge in [0.1, 0.15) is 0 Å². The summed E-state index contributed by atoms with van der Waals surface area (Å²) in [4.78, 5) is 2.43. The van der Waals surface area contributed by atoms with Crippen molar-refractivity contribution in [2.45, 2.75) is 37.9 Å². The van der Waals surface area contributed by atoms with E-state index in [2.05, 4.69) is 35.7 Å². The lowest BCUT2D eigenvalue weighted by Crippen LogP contribution is -2.37. The second-order valence-electron chi connectivity index (χ2n) is 4.75. The number of hydrogen-bond donors (Lipinski definition) is 1. The predicted molar refractivity (Wildman–Crippen MR) is 70.7 cm³/mol. The van der Waals surface area contributed by atoms with Gasteiger partial charge < -0.3 is 5.11 Å². The highest BCUT2D eigenvalue weighted by Crippen LogP contribution is 2.28. The van der Waals surface area contributed by atoms with Gasteiger partial charge in [-0.15, -0.1) is 6.58 Å². The maximum atomic E-state index is 9.43. The van der Waals surface area contributed by atoms with E-state index in [9.17, 15) is 5.11 Å². The third-order valence-electron chi connectivity index (χ3n) is 3.63. The van der Waals surface area contributed by atoms with Crippen LogP contribution in [0.1, 0.15) is 24.8 Å². The first-order valence-electron chi connectivity index (χ1n) is 6.36. The van der Waals surface area contributed by atoms with Gasteiger partial charge in [0.15, 0.2) is 0 Å². The molecule has 2 rings (SSSR count). The standard InChI is InChI=1S/C15H21NO/c1-2-6-14-9-10-15(12-17)16(14)11-13-7-4-3-5-8-13/h2-5,7-8,14-15,17H,1,6,9-12H2/t14-,15-/m1/s1. The molecule has 1 aliphatic rings. The first-order chi connectivity index (χ1) is 8.35. The highest BCUT2D eigenvalue weighted by molar-refractivity contribution is 5.15. The molecular weight excluding hydrogens is 210 g/mol. The normalized spacial score (nSPS) is 25.0. The Balaban J connectivity index is 2.06. The quantitative estimate of drug-likeness (QED) is 0.787. The van der Waals surface area contributed by atoms with Gasteiger partial charge in [0.2, 0.25) is 0 Å². The van der Waals surface area contributed by atoms with E-state index in [1.807, 2.05) is 12.1 Å². The zero-order chi connectivity index (χ0) is 12.1. The Morgan fingerprint density at radius 2 is 1.94 bits per heavy atom. The lowest BCUT2D eigenvalue weighted by molar-refractivity contribution is 0.123. The SMILES string of the molecule is C=CC[C@@H]1CC[C@H](CO)N1Cc1ccccc1. The fourth-order valence-electron chi connectivity index (χ4n) is 2.71. The van der Waals surface area contributed by atoms with Crippen LogP contribution in [0.25, 0.3) is 0 Å². The summed E-state index contributed by atoms with van der Waals surface area (Å²) in [6.45, 7) is 5.03. The van der Waals surface area contributed by atoms with Gasteiger partial charge in [0, 0.05) is 18.6 Å². The van der Waals surface area contributed by atoms with Crippen LogP contribution in [0.5, 0.6) is 0 Å². The van der Waals surface area contributed by atoms with Crippen LogP contribution in [0.4, 0.5) is 0 Å². The summed E-state index contributed by atoms with van der Waals surface area (Å²) in [5.74, 6) is 0. The number of hydrogen-bond acceptors (Lipinski definition) is 2. The Kier molecular flexibility index (Phi) is 4.35. The molecule has 0 spiro atoms. The molecule has 1 aromatic rings. The number of benzene rings is 1. The molecule has 17 heavy (non-hydrogen) atoms. The van der Waals surface area contributed by atoms with E-state index in [-0.39, 0.29) is 6.61 Å². The average molecular weight is 231 g/mol. The van der Waals surface area contributed by atoms with Gasteiger partial charge in [0.05, 0.1) is 6.61 Å². The summed E-state index contributed by atoms with van der Waals surface area (Å²) in [5, 5.41) is 9.43. The number of rotatable bonds is 5. The van der Waals surface area contributed by atoms with E-state index >= 15 is 0 Å². The maximum Gasteiger partial charge on any atom is 0.0587 e. The van der Waals surface area contributed by atoms with Crippen molar-refractivity contribution in [3.63, 3.8) is 0 Å². The van der Waals surface area contributed by atoms with Gasteiger partial charge >= 0.3 is 0 Å². The molecule has 1 fully saturated rings. The first-order valence-corrected chi connectivity index (χ1v) is 6.36. The van der Waals surface area contributed by atoms with Gasteiger partial charge in [-0.05, 0) is 24.8 Å². The zero-order valence-electron chi connectivity index (χ0n) is 10.3. The molecular formula is C15H21NO. The van der Waals surface area contributed by atoms with Crippen LogP contribution < -0.4 is 0 Å². The number of aliphatic hydroxyl groups excluding tert-OH is 1. The van der Waals surface area contributed by atoms with Gasteiger partial charge in [-0.25, -0.2) is 0 Å². The minimum Gasteiger partial charge on any atom is -0.395 e. The Hall–Kier alpha value is -1.12. The lowest BCUT2D eigenvalue weighted by Gasteiger charge is -2.28. The van der Waals surface area contributed by atoms with Gasteiger partial charge in [-0.2, -0.15) is 0 Å². The van der Waals surface area contributed by atoms with E-state index in [0.29, 0.717) is 12.1 Å². The van der Waals surface area contributed by atoms with E-state index < -0.39 is 0 Å². The molecule has 0 bridgehead atoms. The maximum absolute atomic E-state index is 9.43. The Bertz CT molecular complexity index is 349. The molecule has 0 aliphatic carbocycles. The highest BCUT2D eigenvalue weighted by atomic mass is 16.3. The molecule has 0 radical (unpaired) electrons. The van der Waals surface area contributed by atoms with Crippen molar-refractivity contribution in [2.24, 2.45) is 0 Å². The number of nitrogens with zero attached hydrogens (tertiary/aromatic N) is 1. The second kappa shape index (κ2) is 5.99. The topological polar surface area (TPSA) is 23.5 Å². The molecule has 1 N–H and O–H groups in total. The Labute approximate surface area is 104 Å². The molecule has 0 unspecified atom stereocenters. The summed E-state index contributed by atoms with van der Waals surface area (Å²) in [7, 11) is 0. The van der Waals surface area contributed by atoms with Crippen LogP contribution in [-0.2, 0) is 6.54 Å².